The van der Waals surface area contributed by atoms with Gasteiger partial charge in [-0.3, -0.25) is 9.59 Å². The van der Waals surface area contributed by atoms with Crippen LogP contribution < -0.4 is 21.3 Å². The fraction of sp³-hybridized carbons (Fsp3) is 0.368. The van der Waals surface area contributed by atoms with Crippen LogP contribution in [0.2, 0.25) is 4.34 Å². The minimum absolute atomic E-state index is 0.0793. The third-order valence-corrected chi connectivity index (χ3v) is 5.68. The molecule has 156 valence electrons. The van der Waals surface area contributed by atoms with Crippen LogP contribution in [0.3, 0.4) is 0 Å². The number of anilines is 2. The first-order valence-corrected chi connectivity index (χ1v) is 10.4. The van der Waals surface area contributed by atoms with Crippen molar-refractivity contribution in [3.05, 3.63) is 45.1 Å². The summed E-state index contributed by atoms with van der Waals surface area (Å²) < 4.78 is 5.88. The number of benzene rings is 1. The van der Waals surface area contributed by atoms with Crippen molar-refractivity contribution in [3.8, 4) is 0 Å². The van der Waals surface area contributed by atoms with Crippen LogP contribution in [0.5, 0.6) is 0 Å². The summed E-state index contributed by atoms with van der Waals surface area (Å²) in [7, 11) is 0. The summed E-state index contributed by atoms with van der Waals surface area (Å²) >= 11 is 6.99. The van der Waals surface area contributed by atoms with Crippen LogP contribution in [0.1, 0.15) is 20.0 Å². The highest BCUT2D eigenvalue weighted by Gasteiger charge is 2.18. The maximum Gasteiger partial charge on any atom is 0.261 e. The van der Waals surface area contributed by atoms with Crippen LogP contribution in [0.4, 0.5) is 11.4 Å². The minimum Gasteiger partial charge on any atom is -0.389 e. The fourth-order valence-electron chi connectivity index (χ4n) is 2.97. The Balaban J connectivity index is 1.54. The van der Waals surface area contributed by atoms with Crippen molar-refractivity contribution in [1.82, 2.24) is 5.32 Å². The molecule has 0 aliphatic carbocycles. The van der Waals surface area contributed by atoms with Crippen molar-refractivity contribution in [2.24, 2.45) is 5.73 Å². The highest BCUT2D eigenvalue weighted by Crippen LogP contribution is 2.25. The number of hydrogen-bond donors (Lipinski definition) is 4. The van der Waals surface area contributed by atoms with E-state index in [9.17, 15) is 14.7 Å². The van der Waals surface area contributed by atoms with E-state index in [-0.39, 0.29) is 19.0 Å². The largest absolute Gasteiger partial charge is 0.389 e. The van der Waals surface area contributed by atoms with Gasteiger partial charge in [0, 0.05) is 37.6 Å². The molecule has 2 amide bonds. The summed E-state index contributed by atoms with van der Waals surface area (Å²) in [6.45, 7) is 2.87. The number of halogens is 1. The summed E-state index contributed by atoms with van der Waals surface area (Å²) in [6, 6.07) is 8.62. The van der Waals surface area contributed by atoms with E-state index < -0.39 is 12.0 Å². The molecular formula is C19H23ClN4O4S. The number of nitrogens with two attached hydrogens (primary N) is 1. The van der Waals surface area contributed by atoms with Crippen molar-refractivity contribution in [3.63, 3.8) is 0 Å². The van der Waals surface area contributed by atoms with Crippen molar-refractivity contribution in [2.75, 3.05) is 49.6 Å². The van der Waals surface area contributed by atoms with Crippen LogP contribution in [0.25, 0.3) is 0 Å². The van der Waals surface area contributed by atoms with Gasteiger partial charge in [0.25, 0.3) is 11.8 Å². The van der Waals surface area contributed by atoms with E-state index >= 15 is 0 Å². The zero-order valence-corrected chi connectivity index (χ0v) is 17.3. The number of carbonyl (C=O) groups is 2. The van der Waals surface area contributed by atoms with E-state index in [1.807, 2.05) is 12.1 Å². The van der Waals surface area contributed by atoms with Gasteiger partial charge in [0.05, 0.1) is 34.1 Å². The highest BCUT2D eigenvalue weighted by molar-refractivity contribution is 7.17. The molecule has 3 rings (SSSR count). The van der Waals surface area contributed by atoms with E-state index in [2.05, 4.69) is 15.5 Å². The van der Waals surface area contributed by atoms with Gasteiger partial charge in [0.2, 0.25) is 0 Å². The lowest BCUT2D eigenvalue weighted by Crippen LogP contribution is -2.37. The maximum atomic E-state index is 12.0. The minimum atomic E-state index is -0.815. The van der Waals surface area contributed by atoms with Crippen molar-refractivity contribution >= 4 is 46.1 Å². The zero-order chi connectivity index (χ0) is 20.8. The van der Waals surface area contributed by atoms with E-state index in [4.69, 9.17) is 22.1 Å². The number of hydrogen-bond acceptors (Lipinski definition) is 7. The molecule has 29 heavy (non-hydrogen) atoms. The lowest BCUT2D eigenvalue weighted by molar-refractivity contribution is 0.0925. The standard InChI is InChI=1S/C19H23ClN4O4S/c20-17-4-3-16(29-17)19(27)23-11-13(25)10-22-12-1-2-15(14(9-12)18(21)26)24-5-7-28-8-6-24/h1-4,9,13,22,25H,5-8,10-11H2,(H2,21,26)(H,23,27). The molecule has 2 aromatic rings. The molecule has 8 nitrogen and oxygen atoms in total. The van der Waals surface area contributed by atoms with Gasteiger partial charge in [0.1, 0.15) is 0 Å². The Morgan fingerprint density at radius 2 is 2.00 bits per heavy atom. The monoisotopic (exact) mass is 438 g/mol. The van der Waals surface area contributed by atoms with Gasteiger partial charge < -0.3 is 31.1 Å². The fourth-order valence-corrected chi connectivity index (χ4v) is 3.92. The zero-order valence-electron chi connectivity index (χ0n) is 15.7. The molecular weight excluding hydrogens is 416 g/mol. The number of nitrogens with one attached hydrogen (secondary N) is 2. The van der Waals surface area contributed by atoms with Gasteiger partial charge in [-0.15, -0.1) is 11.3 Å². The van der Waals surface area contributed by atoms with Gasteiger partial charge in [-0.1, -0.05) is 11.6 Å². The summed E-state index contributed by atoms with van der Waals surface area (Å²) in [5.41, 5.74) is 7.40. The Hall–Kier alpha value is -2.33. The summed E-state index contributed by atoms with van der Waals surface area (Å²) in [6.07, 6.45) is -0.815. The lowest BCUT2D eigenvalue weighted by Gasteiger charge is -2.30. The Morgan fingerprint density at radius 1 is 1.24 bits per heavy atom. The number of primary amides is 1. The molecule has 1 aliphatic rings. The molecule has 1 atom stereocenters. The molecule has 10 heteroatoms. The third kappa shape index (κ3) is 5.83. The number of rotatable bonds is 8. The molecule has 0 radical (unpaired) electrons. The van der Waals surface area contributed by atoms with Crippen LogP contribution in [0, 0.1) is 0 Å². The van der Waals surface area contributed by atoms with Gasteiger partial charge >= 0.3 is 0 Å². The highest BCUT2D eigenvalue weighted by atomic mass is 35.5. The Bertz CT molecular complexity index is 870. The lowest BCUT2D eigenvalue weighted by atomic mass is 10.1. The predicted octanol–water partition coefficient (Wildman–Crippen LogP) is 1.54. The van der Waals surface area contributed by atoms with Crippen LogP contribution >= 0.6 is 22.9 Å². The van der Waals surface area contributed by atoms with Crippen molar-refractivity contribution < 1.29 is 19.4 Å². The van der Waals surface area contributed by atoms with Crippen LogP contribution in [0.15, 0.2) is 30.3 Å². The Morgan fingerprint density at radius 3 is 2.66 bits per heavy atom. The number of nitrogens with zero attached hydrogens (tertiary/aromatic N) is 1. The number of amides is 2. The molecule has 1 aromatic heterocycles. The maximum absolute atomic E-state index is 12.0. The van der Waals surface area contributed by atoms with Crippen molar-refractivity contribution in [2.45, 2.75) is 6.10 Å². The normalized spacial score (nSPS) is 15.0. The van der Waals surface area contributed by atoms with Gasteiger partial charge in [-0.2, -0.15) is 0 Å². The third-order valence-electron chi connectivity index (χ3n) is 4.45. The number of thiophene rings is 1. The molecule has 1 unspecified atom stereocenters. The average Bonchev–Trinajstić information content (AvgIpc) is 3.17. The van der Waals surface area contributed by atoms with Crippen LogP contribution in [-0.2, 0) is 4.74 Å². The second-order valence-electron chi connectivity index (χ2n) is 6.54. The second kappa shape index (κ2) is 9.93. The van der Waals surface area contributed by atoms with Gasteiger partial charge in [-0.25, -0.2) is 0 Å². The molecule has 2 heterocycles. The van der Waals surface area contributed by atoms with E-state index in [0.29, 0.717) is 46.8 Å². The summed E-state index contributed by atoms with van der Waals surface area (Å²) in [5, 5.41) is 15.9. The molecule has 0 bridgehead atoms. The van der Waals surface area contributed by atoms with E-state index in [1.165, 1.54) is 11.3 Å². The number of aliphatic hydroxyl groups is 1. The summed E-state index contributed by atoms with van der Waals surface area (Å²) in [4.78, 5) is 26.4. The average molecular weight is 439 g/mol. The molecule has 1 aliphatic heterocycles. The number of ether oxygens (including phenoxy) is 1. The van der Waals surface area contributed by atoms with Crippen molar-refractivity contribution in [1.29, 1.82) is 0 Å². The van der Waals surface area contributed by atoms with E-state index in [0.717, 1.165) is 5.69 Å². The Labute approximate surface area is 177 Å². The number of carbonyl (C=O) groups excluding carboxylic acids is 2. The molecule has 1 fully saturated rings. The smallest absolute Gasteiger partial charge is 0.261 e. The Kier molecular flexibility index (Phi) is 7.32. The molecule has 0 spiro atoms. The topological polar surface area (TPSA) is 117 Å². The van der Waals surface area contributed by atoms with E-state index in [1.54, 1.807) is 18.2 Å². The van der Waals surface area contributed by atoms with Crippen LogP contribution in [-0.4, -0.2) is 62.4 Å². The SMILES string of the molecule is NC(=O)c1cc(NCC(O)CNC(=O)c2ccc(Cl)s2)ccc1N1CCOCC1. The van der Waals surface area contributed by atoms with Gasteiger partial charge in [-0.05, 0) is 30.3 Å². The quantitative estimate of drug-likeness (QED) is 0.496. The molecule has 1 aromatic carbocycles. The molecule has 1 saturated heterocycles. The molecule has 0 saturated carbocycles. The second-order valence-corrected chi connectivity index (χ2v) is 8.26. The first kappa shape index (κ1) is 21.4. The summed E-state index contributed by atoms with van der Waals surface area (Å²) in [5.74, 6) is -0.801. The predicted molar refractivity (Wildman–Crippen MR) is 114 cm³/mol. The number of aliphatic hydroxyl groups excluding tert-OH is 1. The first-order valence-electron chi connectivity index (χ1n) is 9.16. The van der Waals surface area contributed by atoms with Gasteiger partial charge in [0.15, 0.2) is 0 Å². The number of morpholine rings is 1. The molecule has 5 N–H and O–H groups in total. The first-order chi connectivity index (χ1) is 13.9.